The van der Waals surface area contributed by atoms with Crippen LogP contribution in [0.25, 0.3) is 0 Å². The summed E-state index contributed by atoms with van der Waals surface area (Å²) in [6.07, 6.45) is 5.86. The van der Waals surface area contributed by atoms with E-state index in [1.54, 1.807) is 4.90 Å². The Morgan fingerprint density at radius 2 is 2.00 bits per heavy atom. The predicted molar refractivity (Wildman–Crippen MR) is 107 cm³/mol. The molecule has 0 saturated heterocycles. The molecule has 0 aliphatic carbocycles. The van der Waals surface area contributed by atoms with E-state index in [2.05, 4.69) is 11.2 Å². The van der Waals surface area contributed by atoms with Gasteiger partial charge in [-0.2, -0.15) is 0 Å². The molecule has 2 amide bonds. The van der Waals surface area contributed by atoms with Crippen LogP contribution in [-0.2, 0) is 16.0 Å². The summed E-state index contributed by atoms with van der Waals surface area (Å²) in [7, 11) is 0. The monoisotopic (exact) mass is 380 g/mol. The Balaban J connectivity index is 1.49. The number of nitrogens with zero attached hydrogens (tertiary/aromatic N) is 1. The zero-order valence-corrected chi connectivity index (χ0v) is 15.6. The van der Waals surface area contributed by atoms with Crippen LogP contribution in [0.5, 0.6) is 5.75 Å². The molecule has 0 fully saturated rings. The largest absolute Gasteiger partial charge is 0.481 e. The molecule has 1 heterocycles. The Labute approximate surface area is 163 Å². The number of carbonyl (C=O) groups excluding carboxylic acids is 2. The molecule has 1 aliphatic rings. The van der Waals surface area contributed by atoms with Crippen LogP contribution in [0, 0.1) is 12.3 Å². The number of benzene rings is 2. The Morgan fingerprint density at radius 1 is 1.22 bits per heavy atom. The summed E-state index contributed by atoms with van der Waals surface area (Å²) in [6, 6.07) is 15.2. The second-order valence-electron chi connectivity index (χ2n) is 5.97. The zero-order valence-electron chi connectivity index (χ0n) is 14.8. The molecule has 1 N–H and O–H groups in total. The number of rotatable bonds is 7. The molecule has 0 bridgehead atoms. The molecule has 2 aromatic carbocycles. The lowest BCUT2D eigenvalue weighted by Gasteiger charge is -2.28. The minimum atomic E-state index is -0.168. The first kappa shape index (κ1) is 18.9. The van der Waals surface area contributed by atoms with Gasteiger partial charge in [-0.05, 0) is 36.2 Å². The van der Waals surface area contributed by atoms with E-state index >= 15 is 0 Å². The average molecular weight is 380 g/mol. The molecule has 0 radical (unpaired) electrons. The molecular weight excluding hydrogens is 360 g/mol. The summed E-state index contributed by atoms with van der Waals surface area (Å²) < 4.78 is 5.33. The maximum atomic E-state index is 12.3. The molecule has 27 heavy (non-hydrogen) atoms. The molecule has 1 aliphatic heterocycles. The van der Waals surface area contributed by atoms with Gasteiger partial charge in [0.15, 0.2) is 0 Å². The summed E-state index contributed by atoms with van der Waals surface area (Å²) in [5.41, 5.74) is 1.88. The van der Waals surface area contributed by atoms with Gasteiger partial charge in [-0.3, -0.25) is 9.59 Å². The van der Waals surface area contributed by atoms with Gasteiger partial charge in [0.25, 0.3) is 0 Å². The normalized spacial score (nSPS) is 12.9. The zero-order chi connectivity index (χ0) is 19.1. The lowest BCUT2D eigenvalue weighted by atomic mass is 10.1. The van der Waals surface area contributed by atoms with Crippen LogP contribution >= 0.6 is 11.8 Å². The summed E-state index contributed by atoms with van der Waals surface area (Å²) in [5, 5.41) is 2.88. The van der Waals surface area contributed by atoms with Crippen LogP contribution in [0.1, 0.15) is 5.56 Å². The average Bonchev–Trinajstić information content (AvgIpc) is 2.69. The van der Waals surface area contributed by atoms with Crippen LogP contribution in [0.3, 0.4) is 0 Å². The van der Waals surface area contributed by atoms with Crippen LogP contribution < -0.4 is 15.0 Å². The lowest BCUT2D eigenvalue weighted by molar-refractivity contribution is -0.122. The fraction of sp³-hybridized carbons (Fsp3) is 0.238. The van der Waals surface area contributed by atoms with Crippen molar-refractivity contribution in [2.24, 2.45) is 0 Å². The minimum absolute atomic E-state index is 0.0370. The fourth-order valence-electron chi connectivity index (χ4n) is 2.75. The van der Waals surface area contributed by atoms with Gasteiger partial charge >= 0.3 is 0 Å². The second kappa shape index (κ2) is 9.15. The Morgan fingerprint density at radius 3 is 2.78 bits per heavy atom. The van der Waals surface area contributed by atoms with E-state index in [4.69, 9.17) is 11.2 Å². The number of hydrogen-bond acceptors (Lipinski definition) is 4. The van der Waals surface area contributed by atoms with Crippen molar-refractivity contribution in [2.45, 2.75) is 11.3 Å². The third kappa shape index (κ3) is 5.05. The van der Waals surface area contributed by atoms with Crippen molar-refractivity contribution in [2.75, 3.05) is 30.3 Å². The van der Waals surface area contributed by atoms with E-state index in [9.17, 15) is 9.59 Å². The number of nitrogens with one attached hydrogen (secondary N) is 1. The van der Waals surface area contributed by atoms with E-state index < -0.39 is 0 Å². The fourth-order valence-corrected chi connectivity index (χ4v) is 3.69. The first-order chi connectivity index (χ1) is 13.2. The SMILES string of the molecule is C#CCOc1ccc(CCNC(=O)CN2C(=O)CSc3ccccc32)cc1. The Hall–Kier alpha value is -2.91. The molecule has 0 spiro atoms. The molecule has 0 aromatic heterocycles. The molecule has 5 nitrogen and oxygen atoms in total. The number of amides is 2. The summed E-state index contributed by atoms with van der Waals surface area (Å²) in [4.78, 5) is 27.1. The lowest BCUT2D eigenvalue weighted by Crippen LogP contribution is -2.43. The summed E-state index contributed by atoms with van der Waals surface area (Å²) in [5.74, 6) is 3.29. The third-order valence-corrected chi connectivity index (χ3v) is 5.14. The van der Waals surface area contributed by atoms with Crippen molar-refractivity contribution in [3.05, 3.63) is 54.1 Å². The maximum Gasteiger partial charge on any atom is 0.240 e. The highest BCUT2D eigenvalue weighted by Crippen LogP contribution is 2.34. The molecule has 3 rings (SSSR count). The number of thioether (sulfide) groups is 1. The smallest absolute Gasteiger partial charge is 0.240 e. The van der Waals surface area contributed by atoms with Crippen LogP contribution in [-0.4, -0.2) is 37.3 Å². The van der Waals surface area contributed by atoms with Gasteiger partial charge in [-0.15, -0.1) is 18.2 Å². The van der Waals surface area contributed by atoms with E-state index in [0.717, 1.165) is 21.9 Å². The number of carbonyl (C=O) groups is 2. The molecule has 138 valence electrons. The van der Waals surface area contributed by atoms with Crippen molar-refractivity contribution in [3.8, 4) is 18.1 Å². The molecule has 0 atom stereocenters. The quantitative estimate of drug-likeness (QED) is 0.750. The molecule has 0 saturated carbocycles. The standard InChI is InChI=1S/C21H20N2O3S/c1-2-13-26-17-9-7-16(8-10-17)11-12-22-20(24)14-23-18-5-3-4-6-19(18)27-15-21(23)25/h1,3-10H,11-15H2,(H,22,24). The molecule has 6 heteroatoms. The molecule has 2 aromatic rings. The van der Waals surface area contributed by atoms with E-state index in [1.807, 2.05) is 48.5 Å². The van der Waals surface area contributed by atoms with Crippen molar-refractivity contribution in [1.82, 2.24) is 5.32 Å². The molecule has 0 unspecified atom stereocenters. The minimum Gasteiger partial charge on any atom is -0.481 e. The van der Waals surface area contributed by atoms with Gasteiger partial charge in [0.1, 0.15) is 18.9 Å². The second-order valence-corrected chi connectivity index (χ2v) is 6.99. The van der Waals surface area contributed by atoms with Gasteiger partial charge in [0, 0.05) is 11.4 Å². The first-order valence-electron chi connectivity index (χ1n) is 8.61. The predicted octanol–water partition coefficient (Wildman–Crippen LogP) is 2.50. The Bertz CT molecular complexity index is 858. The van der Waals surface area contributed by atoms with Crippen LogP contribution in [0.15, 0.2) is 53.4 Å². The van der Waals surface area contributed by atoms with E-state index in [0.29, 0.717) is 18.7 Å². The topological polar surface area (TPSA) is 58.6 Å². The van der Waals surface area contributed by atoms with Crippen LogP contribution in [0.2, 0.25) is 0 Å². The number of para-hydroxylation sites is 1. The first-order valence-corrected chi connectivity index (χ1v) is 9.60. The van der Waals surface area contributed by atoms with E-state index in [-0.39, 0.29) is 25.0 Å². The highest BCUT2D eigenvalue weighted by atomic mass is 32.2. The van der Waals surface area contributed by atoms with Gasteiger partial charge < -0.3 is 15.0 Å². The number of anilines is 1. The highest BCUT2D eigenvalue weighted by Gasteiger charge is 2.25. The number of ether oxygens (including phenoxy) is 1. The van der Waals surface area contributed by atoms with Gasteiger partial charge in [0.05, 0.1) is 11.4 Å². The van der Waals surface area contributed by atoms with Crippen molar-refractivity contribution in [3.63, 3.8) is 0 Å². The van der Waals surface area contributed by atoms with Crippen molar-refractivity contribution >= 4 is 29.3 Å². The number of fused-ring (bicyclic) bond motifs is 1. The summed E-state index contributed by atoms with van der Waals surface area (Å²) in [6.45, 7) is 0.781. The highest BCUT2D eigenvalue weighted by molar-refractivity contribution is 8.00. The van der Waals surface area contributed by atoms with E-state index in [1.165, 1.54) is 11.8 Å². The van der Waals surface area contributed by atoms with Crippen LogP contribution in [0.4, 0.5) is 5.69 Å². The molecular formula is C21H20N2O3S. The summed E-state index contributed by atoms with van der Waals surface area (Å²) >= 11 is 1.50. The number of terminal acetylenes is 1. The maximum absolute atomic E-state index is 12.3. The Kier molecular flexibility index (Phi) is 6.39. The van der Waals surface area contributed by atoms with Crippen molar-refractivity contribution < 1.29 is 14.3 Å². The number of hydrogen-bond donors (Lipinski definition) is 1. The third-order valence-electron chi connectivity index (χ3n) is 4.09. The van der Waals surface area contributed by atoms with Crippen molar-refractivity contribution in [1.29, 1.82) is 0 Å². The van der Waals surface area contributed by atoms with Gasteiger partial charge in [-0.25, -0.2) is 0 Å². The van der Waals surface area contributed by atoms with Gasteiger partial charge in [0.2, 0.25) is 11.8 Å². The van der Waals surface area contributed by atoms with Gasteiger partial charge in [-0.1, -0.05) is 30.2 Å².